The molecule has 2 amide bonds. The van der Waals surface area contributed by atoms with E-state index in [-0.39, 0.29) is 23.6 Å². The van der Waals surface area contributed by atoms with E-state index in [1.54, 1.807) is 21.9 Å². The first-order chi connectivity index (χ1) is 13.4. The van der Waals surface area contributed by atoms with E-state index in [4.69, 9.17) is 5.11 Å². The second kappa shape index (κ2) is 6.74. The summed E-state index contributed by atoms with van der Waals surface area (Å²) in [6, 6.07) is 8.89. The molecule has 0 saturated carbocycles. The molecule has 1 unspecified atom stereocenters. The quantitative estimate of drug-likeness (QED) is 0.845. The summed E-state index contributed by atoms with van der Waals surface area (Å²) < 4.78 is 1.48. The Kier molecular flexibility index (Phi) is 4.37. The number of nitrogens with zero attached hydrogens (tertiary/aromatic N) is 5. The fraction of sp³-hybridized carbons (Fsp3) is 0.421. The number of benzene rings is 1. The summed E-state index contributed by atoms with van der Waals surface area (Å²) in [5.74, 6) is -1.34. The van der Waals surface area contributed by atoms with Gasteiger partial charge in [0.1, 0.15) is 5.54 Å². The summed E-state index contributed by atoms with van der Waals surface area (Å²) in [5, 5.41) is 16.4. The number of carbonyl (C=O) groups is 3. The normalized spacial score (nSPS) is 22.2. The summed E-state index contributed by atoms with van der Waals surface area (Å²) in [6.07, 6.45) is 2.78. The molecule has 2 aliphatic rings. The van der Waals surface area contributed by atoms with E-state index in [1.807, 2.05) is 25.1 Å². The Morgan fingerprint density at radius 1 is 1.18 bits per heavy atom. The molecule has 2 aliphatic heterocycles. The fourth-order valence-corrected chi connectivity index (χ4v) is 3.93. The van der Waals surface area contributed by atoms with E-state index in [0.29, 0.717) is 31.6 Å². The molecule has 0 radical (unpaired) electrons. The Bertz CT molecular complexity index is 921. The summed E-state index contributed by atoms with van der Waals surface area (Å²) in [4.78, 5) is 40.4. The van der Waals surface area contributed by atoms with Gasteiger partial charge in [0.15, 0.2) is 5.69 Å². The van der Waals surface area contributed by atoms with Crippen LogP contribution in [0.3, 0.4) is 0 Å². The molecule has 2 saturated heterocycles. The third-order valence-electron chi connectivity index (χ3n) is 5.62. The SMILES string of the molecule is CC1(C(=O)N2CC(n3cc(C(=O)O)nn3)C2)CCCN1C(=O)c1ccccc1. The highest BCUT2D eigenvalue weighted by molar-refractivity contribution is 5.99. The minimum atomic E-state index is -1.13. The number of rotatable bonds is 4. The van der Waals surface area contributed by atoms with Crippen LogP contribution in [0.25, 0.3) is 0 Å². The largest absolute Gasteiger partial charge is 0.476 e. The van der Waals surface area contributed by atoms with Gasteiger partial charge in [-0.25, -0.2) is 9.48 Å². The van der Waals surface area contributed by atoms with Crippen molar-refractivity contribution in [3.63, 3.8) is 0 Å². The predicted octanol–water partition coefficient (Wildman–Crippen LogP) is 1.05. The molecule has 0 spiro atoms. The third kappa shape index (κ3) is 2.92. The van der Waals surface area contributed by atoms with E-state index in [2.05, 4.69) is 10.3 Å². The maximum Gasteiger partial charge on any atom is 0.358 e. The second-order valence-electron chi connectivity index (χ2n) is 7.45. The highest BCUT2D eigenvalue weighted by Crippen LogP contribution is 2.35. The van der Waals surface area contributed by atoms with Gasteiger partial charge >= 0.3 is 5.97 Å². The first-order valence-corrected chi connectivity index (χ1v) is 9.21. The number of hydrogen-bond donors (Lipinski definition) is 1. The Hall–Kier alpha value is -3.23. The first-order valence-electron chi connectivity index (χ1n) is 9.21. The van der Waals surface area contributed by atoms with Crippen LogP contribution in [0.4, 0.5) is 0 Å². The standard InChI is InChI=1S/C19H21N5O4/c1-19(8-5-9-23(19)16(25)13-6-3-2-4-7-13)18(28)22-10-14(11-22)24-12-15(17(26)27)20-21-24/h2-4,6-7,12,14H,5,8-11H2,1H3,(H,26,27). The van der Waals surface area contributed by atoms with Crippen molar-refractivity contribution in [2.24, 2.45) is 0 Å². The lowest BCUT2D eigenvalue weighted by atomic mass is 9.93. The van der Waals surface area contributed by atoms with Crippen molar-refractivity contribution in [1.29, 1.82) is 0 Å². The van der Waals surface area contributed by atoms with Crippen molar-refractivity contribution in [2.75, 3.05) is 19.6 Å². The number of hydrogen-bond acceptors (Lipinski definition) is 5. The lowest BCUT2D eigenvalue weighted by Crippen LogP contribution is -2.62. The average molecular weight is 383 g/mol. The zero-order valence-corrected chi connectivity index (χ0v) is 15.5. The molecule has 146 valence electrons. The molecule has 9 heteroatoms. The molecule has 1 atom stereocenters. The van der Waals surface area contributed by atoms with Gasteiger partial charge in [-0.15, -0.1) is 5.10 Å². The van der Waals surface area contributed by atoms with E-state index in [9.17, 15) is 14.4 Å². The van der Waals surface area contributed by atoms with Crippen molar-refractivity contribution in [2.45, 2.75) is 31.3 Å². The van der Waals surface area contributed by atoms with Crippen molar-refractivity contribution in [3.05, 3.63) is 47.8 Å². The van der Waals surface area contributed by atoms with Crippen LogP contribution in [-0.4, -0.2) is 72.9 Å². The third-order valence-corrected chi connectivity index (χ3v) is 5.62. The van der Waals surface area contributed by atoms with Gasteiger partial charge in [-0.05, 0) is 31.9 Å². The molecule has 2 aromatic rings. The molecule has 3 heterocycles. The Morgan fingerprint density at radius 2 is 1.89 bits per heavy atom. The number of likely N-dealkylation sites (tertiary alicyclic amines) is 2. The number of amides is 2. The highest BCUT2D eigenvalue weighted by atomic mass is 16.4. The monoisotopic (exact) mass is 383 g/mol. The van der Waals surface area contributed by atoms with Crippen molar-refractivity contribution in [1.82, 2.24) is 24.8 Å². The second-order valence-corrected chi connectivity index (χ2v) is 7.45. The van der Waals surface area contributed by atoms with Gasteiger partial charge in [0.2, 0.25) is 5.91 Å². The van der Waals surface area contributed by atoms with Crippen LogP contribution in [-0.2, 0) is 4.79 Å². The maximum atomic E-state index is 13.2. The molecule has 1 aromatic carbocycles. The van der Waals surface area contributed by atoms with Crippen LogP contribution in [0.1, 0.15) is 46.7 Å². The van der Waals surface area contributed by atoms with Crippen molar-refractivity contribution < 1.29 is 19.5 Å². The van der Waals surface area contributed by atoms with E-state index in [0.717, 1.165) is 6.42 Å². The Morgan fingerprint density at radius 3 is 2.54 bits per heavy atom. The molecule has 0 bridgehead atoms. The van der Waals surface area contributed by atoms with Crippen molar-refractivity contribution >= 4 is 17.8 Å². The smallest absolute Gasteiger partial charge is 0.358 e. The number of aromatic nitrogens is 3. The number of carboxylic acid groups (broad SMARTS) is 1. The van der Waals surface area contributed by atoms with E-state index >= 15 is 0 Å². The fourth-order valence-electron chi connectivity index (χ4n) is 3.93. The zero-order valence-electron chi connectivity index (χ0n) is 15.5. The first kappa shape index (κ1) is 18.1. The van der Waals surface area contributed by atoms with Gasteiger partial charge < -0.3 is 14.9 Å². The van der Waals surface area contributed by atoms with Gasteiger partial charge in [-0.3, -0.25) is 9.59 Å². The van der Waals surface area contributed by atoms with Crippen LogP contribution in [0.5, 0.6) is 0 Å². The number of carbonyl (C=O) groups excluding carboxylic acids is 2. The minimum absolute atomic E-state index is 0.0795. The van der Waals surface area contributed by atoms with Crippen LogP contribution in [0.2, 0.25) is 0 Å². The Labute approximate surface area is 161 Å². The lowest BCUT2D eigenvalue weighted by molar-refractivity contribution is -0.147. The van der Waals surface area contributed by atoms with Gasteiger partial charge in [-0.2, -0.15) is 0 Å². The summed E-state index contributed by atoms with van der Waals surface area (Å²) in [7, 11) is 0. The minimum Gasteiger partial charge on any atom is -0.476 e. The molecule has 1 N–H and O–H groups in total. The molecule has 2 fully saturated rings. The number of carboxylic acids is 1. The van der Waals surface area contributed by atoms with Crippen LogP contribution < -0.4 is 0 Å². The molecule has 0 aliphatic carbocycles. The van der Waals surface area contributed by atoms with Gasteiger partial charge in [0.05, 0.1) is 12.2 Å². The molecular weight excluding hydrogens is 362 g/mol. The molecule has 1 aromatic heterocycles. The predicted molar refractivity (Wildman–Crippen MR) is 97.7 cm³/mol. The highest BCUT2D eigenvalue weighted by Gasteiger charge is 2.50. The molecular formula is C19H21N5O4. The molecule has 4 rings (SSSR count). The van der Waals surface area contributed by atoms with E-state index < -0.39 is 11.5 Å². The van der Waals surface area contributed by atoms with Gasteiger partial charge in [0.25, 0.3) is 5.91 Å². The summed E-state index contributed by atoms with van der Waals surface area (Å²) in [6.45, 7) is 3.22. The maximum absolute atomic E-state index is 13.2. The van der Waals surface area contributed by atoms with Gasteiger partial charge in [0, 0.05) is 25.2 Å². The molecule has 9 nitrogen and oxygen atoms in total. The van der Waals surface area contributed by atoms with Crippen LogP contribution in [0.15, 0.2) is 36.5 Å². The Balaban J connectivity index is 1.45. The zero-order chi connectivity index (χ0) is 19.9. The van der Waals surface area contributed by atoms with Crippen LogP contribution >= 0.6 is 0 Å². The summed E-state index contributed by atoms with van der Waals surface area (Å²) >= 11 is 0. The molecule has 28 heavy (non-hydrogen) atoms. The van der Waals surface area contributed by atoms with E-state index in [1.165, 1.54) is 10.9 Å². The summed E-state index contributed by atoms with van der Waals surface area (Å²) in [5.41, 5.74) is -0.409. The lowest BCUT2D eigenvalue weighted by Gasteiger charge is -2.45. The van der Waals surface area contributed by atoms with Crippen molar-refractivity contribution in [3.8, 4) is 0 Å². The van der Waals surface area contributed by atoms with Crippen LogP contribution in [0, 0.1) is 0 Å². The van der Waals surface area contributed by atoms with Gasteiger partial charge in [-0.1, -0.05) is 23.4 Å². The topological polar surface area (TPSA) is 109 Å². The number of aromatic carboxylic acids is 1. The average Bonchev–Trinajstić information content (AvgIpc) is 3.28.